The van der Waals surface area contributed by atoms with Crippen molar-refractivity contribution in [3.63, 3.8) is 0 Å². The molecule has 11 nitrogen and oxygen atoms in total. The van der Waals surface area contributed by atoms with Crippen molar-refractivity contribution < 1.29 is 29.6 Å². The van der Waals surface area contributed by atoms with Gasteiger partial charge in [0, 0.05) is 20.8 Å². The zero-order valence-corrected chi connectivity index (χ0v) is 19.7. The smallest absolute Gasteiger partial charge is 0.407 e. The number of nitrogens with two attached hydrogens (primary N) is 1. The standard InChI is InChI=1S/C20H33N5O6Si/c1-32(2,3)8-7-30-20(29)22-6-4-5-12-9-25(18-14(12)17(21)23-11-24-18)19-16(28)15(27)13(10-26)31-19/h9,11,13,15-16,19,26-28H,4-8,10H2,1-3H3,(H,22,29)(H2,21,23,24)/t13-,15-,16-,19-/m1/s1. The fourth-order valence-corrected chi connectivity index (χ4v) is 4.36. The van der Waals surface area contributed by atoms with E-state index in [0.717, 1.165) is 11.6 Å². The molecular weight excluding hydrogens is 434 g/mol. The van der Waals surface area contributed by atoms with E-state index in [0.29, 0.717) is 37.0 Å². The molecule has 2 aromatic rings. The number of nitrogen functional groups attached to an aromatic ring is 1. The number of hydrogen-bond donors (Lipinski definition) is 5. The first kappa shape index (κ1) is 24.4. The van der Waals surface area contributed by atoms with Gasteiger partial charge in [0.25, 0.3) is 0 Å². The first-order chi connectivity index (χ1) is 15.1. The van der Waals surface area contributed by atoms with Crippen molar-refractivity contribution >= 4 is 31.0 Å². The number of nitrogens with one attached hydrogen (secondary N) is 1. The Kier molecular flexibility index (Phi) is 7.72. The number of aliphatic hydroxyl groups is 3. The van der Waals surface area contributed by atoms with Gasteiger partial charge in [-0.1, -0.05) is 19.6 Å². The van der Waals surface area contributed by atoms with E-state index in [2.05, 4.69) is 34.9 Å². The lowest BCUT2D eigenvalue weighted by atomic mass is 10.1. The van der Waals surface area contributed by atoms with Gasteiger partial charge in [-0.15, -0.1) is 0 Å². The summed E-state index contributed by atoms with van der Waals surface area (Å²) in [6, 6.07) is 0.917. The number of carbonyl (C=O) groups is 1. The summed E-state index contributed by atoms with van der Waals surface area (Å²) >= 11 is 0. The Morgan fingerprint density at radius 2 is 2.06 bits per heavy atom. The van der Waals surface area contributed by atoms with Gasteiger partial charge in [-0.25, -0.2) is 14.8 Å². The molecule has 1 aliphatic rings. The monoisotopic (exact) mass is 467 g/mol. The number of aryl methyl sites for hydroxylation is 1. The molecule has 0 aromatic carbocycles. The Morgan fingerprint density at radius 3 is 2.72 bits per heavy atom. The Morgan fingerprint density at radius 1 is 1.31 bits per heavy atom. The minimum atomic E-state index is -1.25. The third-order valence-corrected chi connectivity index (χ3v) is 7.19. The van der Waals surface area contributed by atoms with Crippen molar-refractivity contribution in [3.05, 3.63) is 18.1 Å². The molecule has 3 heterocycles. The van der Waals surface area contributed by atoms with Crippen LogP contribution < -0.4 is 11.1 Å². The number of hydrogen-bond acceptors (Lipinski definition) is 9. The Bertz CT molecular complexity index is 933. The van der Waals surface area contributed by atoms with Gasteiger partial charge < -0.3 is 40.4 Å². The third-order valence-electron chi connectivity index (χ3n) is 5.49. The predicted molar refractivity (Wildman–Crippen MR) is 121 cm³/mol. The fourth-order valence-electron chi connectivity index (χ4n) is 3.65. The predicted octanol–water partition coefficient (Wildman–Crippen LogP) is 0.622. The average molecular weight is 468 g/mol. The van der Waals surface area contributed by atoms with Crippen LogP contribution in [0.5, 0.6) is 0 Å². The summed E-state index contributed by atoms with van der Waals surface area (Å²) in [7, 11) is -1.25. The lowest BCUT2D eigenvalue weighted by molar-refractivity contribution is -0.0509. The molecular formula is C20H33N5O6Si. The van der Waals surface area contributed by atoms with Crippen LogP contribution in [0.1, 0.15) is 18.2 Å². The van der Waals surface area contributed by atoms with Gasteiger partial charge in [0.05, 0.1) is 18.6 Å². The molecule has 4 atom stereocenters. The first-order valence-corrected chi connectivity index (χ1v) is 14.5. The minimum Gasteiger partial charge on any atom is -0.450 e. The molecule has 3 rings (SSSR count). The molecule has 1 aliphatic heterocycles. The highest BCUT2D eigenvalue weighted by Crippen LogP contribution is 2.34. The summed E-state index contributed by atoms with van der Waals surface area (Å²) < 4.78 is 12.5. The highest BCUT2D eigenvalue weighted by atomic mass is 28.3. The van der Waals surface area contributed by atoms with E-state index < -0.39 is 45.3 Å². The number of fused-ring (bicyclic) bond motifs is 1. The molecule has 0 radical (unpaired) electrons. The van der Waals surface area contributed by atoms with Crippen molar-refractivity contribution in [2.24, 2.45) is 0 Å². The Labute approximate surface area is 187 Å². The quantitative estimate of drug-likeness (QED) is 0.262. The number of amides is 1. The molecule has 32 heavy (non-hydrogen) atoms. The van der Waals surface area contributed by atoms with Crippen LogP contribution in [0.4, 0.5) is 10.6 Å². The van der Waals surface area contributed by atoms with Gasteiger partial charge >= 0.3 is 6.09 Å². The number of carbonyl (C=O) groups excluding carboxylic acids is 1. The molecule has 2 aromatic heterocycles. The molecule has 6 N–H and O–H groups in total. The summed E-state index contributed by atoms with van der Waals surface area (Å²) in [5.74, 6) is 0.286. The summed E-state index contributed by atoms with van der Waals surface area (Å²) in [4.78, 5) is 20.2. The van der Waals surface area contributed by atoms with Crippen LogP contribution in [-0.2, 0) is 15.9 Å². The van der Waals surface area contributed by atoms with Gasteiger partial charge in [0.1, 0.15) is 36.1 Å². The summed E-state index contributed by atoms with van der Waals surface area (Å²) in [5, 5.41) is 33.3. The maximum absolute atomic E-state index is 11.9. The minimum absolute atomic E-state index is 0.286. The number of aliphatic hydroxyl groups excluding tert-OH is 3. The summed E-state index contributed by atoms with van der Waals surface area (Å²) in [6.45, 7) is 7.09. The van der Waals surface area contributed by atoms with Crippen LogP contribution in [0.25, 0.3) is 11.0 Å². The SMILES string of the molecule is C[Si](C)(C)CCOC(=O)NCCCc1cn([C@@H]2O[C@H](CO)[C@@H](O)[C@H]2O)c2ncnc(N)c12. The van der Waals surface area contributed by atoms with E-state index in [1.807, 2.05) is 0 Å². The second-order valence-electron chi connectivity index (χ2n) is 9.22. The van der Waals surface area contributed by atoms with Crippen molar-refractivity contribution in [2.75, 3.05) is 25.5 Å². The van der Waals surface area contributed by atoms with E-state index in [9.17, 15) is 20.1 Å². The van der Waals surface area contributed by atoms with Gasteiger partial charge in [-0.05, 0) is 24.4 Å². The summed E-state index contributed by atoms with van der Waals surface area (Å²) in [5.41, 5.74) is 7.37. The van der Waals surface area contributed by atoms with Crippen LogP contribution in [0.15, 0.2) is 12.5 Å². The van der Waals surface area contributed by atoms with Gasteiger partial charge in [-0.3, -0.25) is 0 Å². The summed E-state index contributed by atoms with van der Waals surface area (Å²) in [6.07, 6.45) is -0.462. The molecule has 1 amide bonds. The molecule has 0 spiro atoms. The van der Waals surface area contributed by atoms with Crippen LogP contribution in [0.3, 0.4) is 0 Å². The van der Waals surface area contributed by atoms with Crippen molar-refractivity contribution in [1.29, 1.82) is 0 Å². The van der Waals surface area contributed by atoms with Crippen LogP contribution in [-0.4, -0.2) is 82.1 Å². The highest BCUT2D eigenvalue weighted by molar-refractivity contribution is 6.76. The number of aromatic nitrogens is 3. The van der Waals surface area contributed by atoms with Crippen LogP contribution in [0, 0.1) is 0 Å². The molecule has 0 unspecified atom stereocenters. The molecule has 0 saturated carbocycles. The molecule has 12 heteroatoms. The highest BCUT2D eigenvalue weighted by Gasteiger charge is 2.44. The maximum Gasteiger partial charge on any atom is 0.407 e. The number of alkyl carbamates (subject to hydrolysis) is 1. The van der Waals surface area contributed by atoms with E-state index in [1.54, 1.807) is 10.8 Å². The molecule has 0 aliphatic carbocycles. The van der Waals surface area contributed by atoms with Gasteiger partial charge in [0.15, 0.2) is 6.23 Å². The average Bonchev–Trinajstić information content (AvgIpc) is 3.23. The van der Waals surface area contributed by atoms with Crippen molar-refractivity contribution in [3.8, 4) is 0 Å². The van der Waals surface area contributed by atoms with Crippen LogP contribution >= 0.6 is 0 Å². The Hall–Kier alpha value is -2.25. The van der Waals surface area contributed by atoms with Gasteiger partial charge in [-0.2, -0.15) is 0 Å². The molecule has 178 valence electrons. The molecule has 1 saturated heterocycles. The van der Waals surface area contributed by atoms with Crippen molar-refractivity contribution in [1.82, 2.24) is 19.9 Å². The third kappa shape index (κ3) is 5.56. The number of nitrogens with zero attached hydrogens (tertiary/aromatic N) is 3. The van der Waals surface area contributed by atoms with E-state index >= 15 is 0 Å². The van der Waals surface area contributed by atoms with E-state index in [4.69, 9.17) is 15.2 Å². The molecule has 0 bridgehead atoms. The second kappa shape index (κ2) is 10.1. The van der Waals surface area contributed by atoms with E-state index in [-0.39, 0.29) is 5.82 Å². The fraction of sp³-hybridized carbons (Fsp3) is 0.650. The number of ether oxygens (including phenoxy) is 2. The van der Waals surface area contributed by atoms with Gasteiger partial charge in [0.2, 0.25) is 0 Å². The first-order valence-electron chi connectivity index (χ1n) is 10.8. The lowest BCUT2D eigenvalue weighted by Crippen LogP contribution is -2.33. The zero-order valence-electron chi connectivity index (χ0n) is 18.7. The topological polar surface area (TPSA) is 165 Å². The van der Waals surface area contributed by atoms with Crippen LogP contribution in [0.2, 0.25) is 25.7 Å². The number of rotatable bonds is 9. The zero-order chi connectivity index (χ0) is 23.5. The normalized spacial score (nSPS) is 23.6. The molecule has 1 fully saturated rings. The Balaban J connectivity index is 1.65. The largest absolute Gasteiger partial charge is 0.450 e. The number of anilines is 1. The maximum atomic E-state index is 11.9. The second-order valence-corrected chi connectivity index (χ2v) is 14.8. The van der Waals surface area contributed by atoms with E-state index in [1.165, 1.54) is 6.33 Å². The lowest BCUT2D eigenvalue weighted by Gasteiger charge is -2.17. The van der Waals surface area contributed by atoms with Crippen molar-refractivity contribution in [2.45, 2.75) is 63.1 Å².